The van der Waals surface area contributed by atoms with Crippen molar-refractivity contribution in [3.8, 4) is 0 Å². The van der Waals surface area contributed by atoms with Gasteiger partial charge in [-0.2, -0.15) is 0 Å². The number of hydrogen-bond donors (Lipinski definition) is 1. The average Bonchev–Trinajstić information content (AvgIpc) is 2.40. The van der Waals surface area contributed by atoms with Crippen LogP contribution < -0.4 is 5.32 Å². The fourth-order valence-corrected chi connectivity index (χ4v) is 2.19. The number of carbonyl (C=O) groups excluding carboxylic acids is 1. The Kier molecular flexibility index (Phi) is 4.49. The van der Waals surface area contributed by atoms with Gasteiger partial charge in [-0.05, 0) is 31.5 Å². The molecule has 0 saturated carbocycles. The molecule has 0 aromatic carbocycles. The summed E-state index contributed by atoms with van der Waals surface area (Å²) in [6, 6.07) is 3.40. The molecule has 1 amide bonds. The predicted molar refractivity (Wildman–Crippen MR) is 69.6 cm³/mol. The molecule has 1 aromatic rings. The molecule has 0 atom stereocenters. The Balaban J connectivity index is 1.86. The van der Waals surface area contributed by atoms with Crippen LogP contribution in [0.3, 0.4) is 0 Å². The highest BCUT2D eigenvalue weighted by molar-refractivity contribution is 6.29. The molecule has 5 nitrogen and oxygen atoms in total. The first kappa shape index (κ1) is 13.2. The summed E-state index contributed by atoms with van der Waals surface area (Å²) in [6.45, 7) is 5.30. The highest BCUT2D eigenvalue weighted by Crippen LogP contribution is 2.10. The summed E-state index contributed by atoms with van der Waals surface area (Å²) in [5.74, 6) is -0.172. The molecular weight excluding hydrogens is 252 g/mol. The van der Waals surface area contributed by atoms with E-state index in [0.717, 1.165) is 32.5 Å². The minimum atomic E-state index is -0.172. The summed E-state index contributed by atoms with van der Waals surface area (Å²) in [7, 11) is 0. The quantitative estimate of drug-likeness (QED) is 0.899. The summed E-state index contributed by atoms with van der Waals surface area (Å²) in [5.41, 5.74) is 0.317. The van der Waals surface area contributed by atoms with Crippen LogP contribution in [0.1, 0.15) is 30.3 Å². The highest BCUT2D eigenvalue weighted by atomic mass is 35.5. The van der Waals surface area contributed by atoms with Crippen molar-refractivity contribution in [2.24, 2.45) is 0 Å². The van der Waals surface area contributed by atoms with Crippen LogP contribution in [0.5, 0.6) is 0 Å². The van der Waals surface area contributed by atoms with Gasteiger partial charge in [-0.3, -0.25) is 4.79 Å². The van der Waals surface area contributed by atoms with Gasteiger partial charge >= 0.3 is 0 Å². The molecule has 6 heteroatoms. The van der Waals surface area contributed by atoms with E-state index >= 15 is 0 Å². The zero-order valence-corrected chi connectivity index (χ0v) is 11.2. The van der Waals surface area contributed by atoms with Gasteiger partial charge in [0.25, 0.3) is 5.91 Å². The van der Waals surface area contributed by atoms with E-state index in [2.05, 4.69) is 27.3 Å². The van der Waals surface area contributed by atoms with Gasteiger partial charge in [0.1, 0.15) is 0 Å². The summed E-state index contributed by atoms with van der Waals surface area (Å²) in [6.07, 6.45) is 1.97. The van der Waals surface area contributed by atoms with Crippen molar-refractivity contribution in [1.29, 1.82) is 0 Å². The number of aromatic nitrogens is 2. The zero-order valence-electron chi connectivity index (χ0n) is 10.4. The van der Waals surface area contributed by atoms with Gasteiger partial charge in [-0.25, -0.2) is 0 Å². The molecule has 18 heavy (non-hydrogen) atoms. The van der Waals surface area contributed by atoms with Gasteiger partial charge in [0.2, 0.25) is 0 Å². The third-order valence-corrected chi connectivity index (χ3v) is 3.44. The maximum Gasteiger partial charge on any atom is 0.272 e. The van der Waals surface area contributed by atoms with Crippen molar-refractivity contribution in [2.45, 2.75) is 25.8 Å². The van der Waals surface area contributed by atoms with Gasteiger partial charge < -0.3 is 10.2 Å². The number of rotatable bonds is 3. The molecule has 0 spiro atoms. The van der Waals surface area contributed by atoms with E-state index in [0.29, 0.717) is 10.8 Å². The predicted octanol–water partition coefficient (Wildman–Crippen LogP) is 1.34. The Morgan fingerprint density at radius 2 is 2.17 bits per heavy atom. The maximum absolute atomic E-state index is 11.9. The number of halogens is 1. The normalized spacial score (nSPS) is 17.7. The molecule has 1 N–H and O–H groups in total. The number of hydrogen-bond acceptors (Lipinski definition) is 4. The van der Waals surface area contributed by atoms with Crippen LogP contribution >= 0.6 is 11.6 Å². The lowest BCUT2D eigenvalue weighted by Crippen LogP contribution is -2.44. The summed E-state index contributed by atoms with van der Waals surface area (Å²) in [4.78, 5) is 14.3. The van der Waals surface area contributed by atoms with Crippen LogP contribution in [-0.4, -0.2) is 46.7 Å². The third-order valence-electron chi connectivity index (χ3n) is 3.23. The molecule has 1 saturated heterocycles. The Labute approximate surface area is 112 Å². The Morgan fingerprint density at radius 3 is 2.72 bits per heavy atom. The van der Waals surface area contributed by atoms with Gasteiger partial charge in [-0.15, -0.1) is 10.2 Å². The molecule has 98 valence electrons. The molecule has 1 fully saturated rings. The second kappa shape index (κ2) is 6.11. The number of nitrogens with one attached hydrogen (secondary N) is 1. The number of piperidine rings is 1. The Bertz CT molecular complexity index is 401. The number of amides is 1. The molecule has 0 bridgehead atoms. The maximum atomic E-state index is 11.9. The molecule has 2 rings (SSSR count). The second-order valence-electron chi connectivity index (χ2n) is 4.42. The van der Waals surface area contributed by atoms with E-state index in [-0.39, 0.29) is 11.9 Å². The molecular formula is C12H17ClN4O. The monoisotopic (exact) mass is 268 g/mol. The van der Waals surface area contributed by atoms with Crippen LogP contribution in [0.4, 0.5) is 0 Å². The van der Waals surface area contributed by atoms with Crippen molar-refractivity contribution in [2.75, 3.05) is 19.6 Å². The first-order valence-electron chi connectivity index (χ1n) is 6.21. The molecule has 2 heterocycles. The van der Waals surface area contributed by atoms with Crippen LogP contribution in [0.15, 0.2) is 12.1 Å². The SMILES string of the molecule is CCN1CCC(NC(=O)c2ccc(Cl)nn2)CC1. The Hall–Kier alpha value is -1.20. The molecule has 1 aliphatic heterocycles. The molecule has 0 radical (unpaired) electrons. The fourth-order valence-electron chi connectivity index (χ4n) is 2.09. The second-order valence-corrected chi connectivity index (χ2v) is 4.81. The topological polar surface area (TPSA) is 58.1 Å². The van der Waals surface area contributed by atoms with Crippen molar-refractivity contribution >= 4 is 17.5 Å². The summed E-state index contributed by atoms with van der Waals surface area (Å²) < 4.78 is 0. The van der Waals surface area contributed by atoms with E-state index in [1.54, 1.807) is 12.1 Å². The van der Waals surface area contributed by atoms with Crippen LogP contribution in [0.2, 0.25) is 5.15 Å². The van der Waals surface area contributed by atoms with Gasteiger partial charge in [0, 0.05) is 19.1 Å². The fraction of sp³-hybridized carbons (Fsp3) is 0.583. The minimum absolute atomic E-state index is 0.172. The van der Waals surface area contributed by atoms with Crippen LogP contribution in [0.25, 0.3) is 0 Å². The lowest BCUT2D eigenvalue weighted by molar-refractivity contribution is 0.0906. The molecule has 1 aliphatic rings. The lowest BCUT2D eigenvalue weighted by atomic mass is 10.0. The number of nitrogens with zero attached hydrogens (tertiary/aromatic N) is 3. The van der Waals surface area contributed by atoms with E-state index in [1.165, 1.54) is 0 Å². The van der Waals surface area contributed by atoms with Crippen LogP contribution in [-0.2, 0) is 0 Å². The van der Waals surface area contributed by atoms with Crippen molar-refractivity contribution < 1.29 is 4.79 Å². The average molecular weight is 269 g/mol. The van der Waals surface area contributed by atoms with E-state index in [9.17, 15) is 4.79 Å². The van der Waals surface area contributed by atoms with E-state index < -0.39 is 0 Å². The zero-order chi connectivity index (χ0) is 13.0. The van der Waals surface area contributed by atoms with E-state index in [1.807, 2.05) is 0 Å². The summed E-state index contributed by atoms with van der Waals surface area (Å²) >= 11 is 5.63. The molecule has 0 unspecified atom stereocenters. The first-order valence-corrected chi connectivity index (χ1v) is 6.59. The first-order chi connectivity index (χ1) is 8.69. The van der Waals surface area contributed by atoms with E-state index in [4.69, 9.17) is 11.6 Å². The Morgan fingerprint density at radius 1 is 1.44 bits per heavy atom. The van der Waals surface area contributed by atoms with Gasteiger partial charge in [0.05, 0.1) is 0 Å². The molecule has 1 aromatic heterocycles. The number of likely N-dealkylation sites (tertiary alicyclic amines) is 1. The highest BCUT2D eigenvalue weighted by Gasteiger charge is 2.20. The van der Waals surface area contributed by atoms with Crippen LogP contribution in [0, 0.1) is 0 Å². The standard InChI is InChI=1S/C12H17ClN4O/c1-2-17-7-5-9(6-8-17)14-12(18)10-3-4-11(13)16-15-10/h3-4,9H,2,5-8H2,1H3,(H,14,18). The number of carbonyl (C=O) groups is 1. The van der Waals surface area contributed by atoms with Gasteiger partial charge in [-0.1, -0.05) is 18.5 Å². The minimum Gasteiger partial charge on any atom is -0.348 e. The smallest absolute Gasteiger partial charge is 0.272 e. The van der Waals surface area contributed by atoms with Crippen molar-refractivity contribution in [3.63, 3.8) is 0 Å². The van der Waals surface area contributed by atoms with Crippen molar-refractivity contribution in [3.05, 3.63) is 23.0 Å². The third kappa shape index (κ3) is 3.40. The van der Waals surface area contributed by atoms with Gasteiger partial charge in [0.15, 0.2) is 10.8 Å². The molecule has 0 aliphatic carbocycles. The lowest BCUT2D eigenvalue weighted by Gasteiger charge is -2.31. The summed E-state index contributed by atoms with van der Waals surface area (Å²) in [5, 5.41) is 10.7. The largest absolute Gasteiger partial charge is 0.348 e. The van der Waals surface area contributed by atoms with Crippen molar-refractivity contribution in [1.82, 2.24) is 20.4 Å².